The van der Waals surface area contributed by atoms with Crippen LogP contribution in [0.5, 0.6) is 0 Å². The third-order valence-electron chi connectivity index (χ3n) is 3.20. The van der Waals surface area contributed by atoms with Crippen molar-refractivity contribution >= 4 is 28.7 Å². The molecule has 8 heteroatoms. The number of nitrogens with one attached hydrogen (secondary N) is 1. The zero-order valence-electron chi connectivity index (χ0n) is 12.1. The van der Waals surface area contributed by atoms with Crippen molar-refractivity contribution in [2.45, 2.75) is 19.9 Å². The van der Waals surface area contributed by atoms with E-state index in [0.717, 1.165) is 4.88 Å². The first-order valence-corrected chi connectivity index (χ1v) is 7.43. The summed E-state index contributed by atoms with van der Waals surface area (Å²) in [5.74, 6) is 0.560. The van der Waals surface area contributed by atoms with Crippen molar-refractivity contribution in [1.29, 1.82) is 0 Å². The Morgan fingerprint density at radius 2 is 2.29 bits per heavy atom. The van der Waals surface area contributed by atoms with Gasteiger partial charge in [-0.25, -0.2) is 9.97 Å². The summed E-state index contributed by atoms with van der Waals surface area (Å²) in [6.45, 7) is 4.41. The minimum absolute atomic E-state index is 0.00641. The van der Waals surface area contributed by atoms with Crippen LogP contribution in [0.2, 0.25) is 0 Å². The molecule has 1 unspecified atom stereocenters. The standard InChI is InChI=1S/C13H17N5O2S/c1-4-14-12-11(18(19)20)13(16-8-15-12)17(3)9(2)10-6-5-7-21-10/h5-9H,4H2,1-3H3,(H,14,15,16). The molecule has 0 aliphatic heterocycles. The van der Waals surface area contributed by atoms with Crippen LogP contribution in [-0.2, 0) is 0 Å². The average Bonchev–Trinajstić information content (AvgIpc) is 2.99. The van der Waals surface area contributed by atoms with Gasteiger partial charge in [0.1, 0.15) is 6.33 Å². The van der Waals surface area contributed by atoms with Crippen LogP contribution in [0.3, 0.4) is 0 Å². The second kappa shape index (κ2) is 6.49. The van der Waals surface area contributed by atoms with Crippen LogP contribution in [-0.4, -0.2) is 28.5 Å². The fraction of sp³-hybridized carbons (Fsp3) is 0.385. The van der Waals surface area contributed by atoms with E-state index >= 15 is 0 Å². The molecule has 0 aromatic carbocycles. The van der Waals surface area contributed by atoms with Crippen molar-refractivity contribution in [3.05, 3.63) is 38.8 Å². The first-order chi connectivity index (χ1) is 10.1. The van der Waals surface area contributed by atoms with Crippen LogP contribution in [0.25, 0.3) is 0 Å². The van der Waals surface area contributed by atoms with E-state index in [2.05, 4.69) is 15.3 Å². The molecule has 2 aromatic rings. The van der Waals surface area contributed by atoms with E-state index in [4.69, 9.17) is 0 Å². The lowest BCUT2D eigenvalue weighted by molar-refractivity contribution is -0.383. The van der Waals surface area contributed by atoms with E-state index in [1.807, 2.05) is 31.4 Å². The van der Waals surface area contributed by atoms with Gasteiger partial charge in [-0.3, -0.25) is 10.1 Å². The molecule has 0 bridgehead atoms. The highest BCUT2D eigenvalue weighted by molar-refractivity contribution is 7.10. The highest BCUT2D eigenvalue weighted by atomic mass is 32.1. The number of rotatable bonds is 6. The highest BCUT2D eigenvalue weighted by Crippen LogP contribution is 2.35. The molecule has 21 heavy (non-hydrogen) atoms. The molecule has 112 valence electrons. The van der Waals surface area contributed by atoms with Gasteiger partial charge >= 0.3 is 5.69 Å². The van der Waals surface area contributed by atoms with Gasteiger partial charge in [0.25, 0.3) is 0 Å². The molecule has 0 spiro atoms. The summed E-state index contributed by atoms with van der Waals surface area (Å²) < 4.78 is 0. The summed E-state index contributed by atoms with van der Waals surface area (Å²) in [4.78, 5) is 22.0. The van der Waals surface area contributed by atoms with Crippen molar-refractivity contribution < 1.29 is 4.92 Å². The number of anilines is 2. The Hall–Kier alpha value is -2.22. The Balaban J connectivity index is 2.42. The molecular formula is C13H17N5O2S. The minimum Gasteiger partial charge on any atom is -0.364 e. The summed E-state index contributed by atoms with van der Waals surface area (Å²) in [6.07, 6.45) is 1.35. The van der Waals surface area contributed by atoms with Gasteiger partial charge in [-0.15, -0.1) is 11.3 Å². The lowest BCUT2D eigenvalue weighted by Gasteiger charge is -2.25. The molecule has 2 aromatic heterocycles. The zero-order chi connectivity index (χ0) is 15.4. The molecule has 0 aliphatic rings. The Labute approximate surface area is 126 Å². The largest absolute Gasteiger partial charge is 0.364 e. The maximum atomic E-state index is 11.4. The number of hydrogen-bond donors (Lipinski definition) is 1. The lowest BCUT2D eigenvalue weighted by Crippen LogP contribution is -2.23. The molecule has 0 radical (unpaired) electrons. The Morgan fingerprint density at radius 1 is 1.52 bits per heavy atom. The van der Waals surface area contributed by atoms with Crippen LogP contribution >= 0.6 is 11.3 Å². The Morgan fingerprint density at radius 3 is 2.86 bits per heavy atom. The van der Waals surface area contributed by atoms with Gasteiger partial charge in [0.15, 0.2) is 0 Å². The second-order valence-electron chi connectivity index (χ2n) is 4.48. The first kappa shape index (κ1) is 15.2. The number of hydrogen-bond acceptors (Lipinski definition) is 7. The molecule has 1 N–H and O–H groups in total. The number of nitrogens with zero attached hydrogens (tertiary/aromatic N) is 4. The Kier molecular flexibility index (Phi) is 4.69. The topological polar surface area (TPSA) is 84.2 Å². The fourth-order valence-corrected chi connectivity index (χ4v) is 2.82. The molecule has 0 saturated carbocycles. The van der Waals surface area contributed by atoms with Crippen LogP contribution < -0.4 is 10.2 Å². The normalized spacial score (nSPS) is 12.0. The summed E-state index contributed by atoms with van der Waals surface area (Å²) in [5.41, 5.74) is -0.0924. The third-order valence-corrected chi connectivity index (χ3v) is 4.24. The third kappa shape index (κ3) is 3.10. The van der Waals surface area contributed by atoms with Gasteiger partial charge in [0, 0.05) is 18.5 Å². The van der Waals surface area contributed by atoms with Gasteiger partial charge in [-0.2, -0.15) is 0 Å². The molecule has 0 aliphatic carbocycles. The minimum atomic E-state index is -0.440. The first-order valence-electron chi connectivity index (χ1n) is 6.55. The fourth-order valence-electron chi connectivity index (χ4n) is 2.00. The Bertz CT molecular complexity index is 617. The number of aromatic nitrogens is 2. The van der Waals surface area contributed by atoms with Gasteiger partial charge < -0.3 is 10.2 Å². The van der Waals surface area contributed by atoms with Crippen LogP contribution in [0.15, 0.2) is 23.8 Å². The summed E-state index contributed by atoms with van der Waals surface area (Å²) in [7, 11) is 1.80. The molecule has 2 rings (SSSR count). The van der Waals surface area contributed by atoms with E-state index in [0.29, 0.717) is 12.4 Å². The molecule has 2 heterocycles. The molecule has 0 saturated heterocycles. The lowest BCUT2D eigenvalue weighted by atomic mass is 10.2. The summed E-state index contributed by atoms with van der Waals surface area (Å²) in [6, 6.07) is 3.96. The molecule has 7 nitrogen and oxygen atoms in total. The molecule has 0 amide bonds. The van der Waals surface area contributed by atoms with E-state index in [9.17, 15) is 10.1 Å². The van der Waals surface area contributed by atoms with Gasteiger partial charge in [0.05, 0.1) is 11.0 Å². The number of nitro groups is 1. The molecule has 0 fully saturated rings. The van der Waals surface area contributed by atoms with Crippen molar-refractivity contribution in [3.8, 4) is 0 Å². The van der Waals surface area contributed by atoms with Gasteiger partial charge in [-0.1, -0.05) is 6.07 Å². The molecule has 1 atom stereocenters. The zero-order valence-corrected chi connectivity index (χ0v) is 12.9. The van der Waals surface area contributed by atoms with Crippen LogP contribution in [0, 0.1) is 10.1 Å². The van der Waals surface area contributed by atoms with E-state index in [1.54, 1.807) is 23.3 Å². The number of thiophene rings is 1. The summed E-state index contributed by atoms with van der Waals surface area (Å²) in [5, 5.41) is 16.3. The average molecular weight is 307 g/mol. The summed E-state index contributed by atoms with van der Waals surface area (Å²) >= 11 is 1.61. The SMILES string of the molecule is CCNc1ncnc(N(C)C(C)c2cccs2)c1[N+](=O)[O-]. The van der Waals surface area contributed by atoms with Crippen molar-refractivity contribution in [3.63, 3.8) is 0 Å². The maximum absolute atomic E-state index is 11.4. The maximum Gasteiger partial charge on any atom is 0.353 e. The molecular weight excluding hydrogens is 290 g/mol. The van der Waals surface area contributed by atoms with Crippen LogP contribution in [0.4, 0.5) is 17.3 Å². The second-order valence-corrected chi connectivity index (χ2v) is 5.46. The van der Waals surface area contributed by atoms with E-state index in [1.165, 1.54) is 6.33 Å². The van der Waals surface area contributed by atoms with E-state index in [-0.39, 0.29) is 17.5 Å². The van der Waals surface area contributed by atoms with Crippen LogP contribution in [0.1, 0.15) is 24.8 Å². The monoisotopic (exact) mass is 307 g/mol. The smallest absolute Gasteiger partial charge is 0.353 e. The predicted octanol–water partition coefficient (Wildman–Crippen LogP) is 3.08. The predicted molar refractivity (Wildman–Crippen MR) is 84.0 cm³/mol. The van der Waals surface area contributed by atoms with Gasteiger partial charge in [0.2, 0.25) is 11.6 Å². The van der Waals surface area contributed by atoms with Crippen molar-refractivity contribution in [2.24, 2.45) is 0 Å². The quantitative estimate of drug-likeness (QED) is 0.652. The van der Waals surface area contributed by atoms with E-state index < -0.39 is 4.92 Å². The van der Waals surface area contributed by atoms with Crippen molar-refractivity contribution in [1.82, 2.24) is 9.97 Å². The van der Waals surface area contributed by atoms with Crippen molar-refractivity contribution in [2.75, 3.05) is 23.8 Å². The highest BCUT2D eigenvalue weighted by Gasteiger charge is 2.27. The van der Waals surface area contributed by atoms with Gasteiger partial charge in [-0.05, 0) is 25.3 Å².